The minimum Gasteiger partial charge on any atom is -0.379 e. The third-order valence-corrected chi connectivity index (χ3v) is 4.54. The second kappa shape index (κ2) is 9.56. The molecule has 6 N–H and O–H groups in total. The fourth-order valence-electron chi connectivity index (χ4n) is 2.98. The van der Waals surface area contributed by atoms with Crippen molar-refractivity contribution in [2.75, 3.05) is 11.1 Å². The van der Waals surface area contributed by atoms with E-state index in [4.69, 9.17) is 11.5 Å². The zero-order valence-corrected chi connectivity index (χ0v) is 17.3. The summed E-state index contributed by atoms with van der Waals surface area (Å²) in [5.74, 6) is -1.87. The molecule has 0 saturated heterocycles. The summed E-state index contributed by atoms with van der Waals surface area (Å²) in [5, 5.41) is 21.8. The van der Waals surface area contributed by atoms with Crippen molar-refractivity contribution >= 4 is 29.5 Å². The summed E-state index contributed by atoms with van der Waals surface area (Å²) in [6.07, 6.45) is 1.27. The SMILES string of the molecule is NC(=O)c1ccccc1NCc1c(C(=O)N/N=C\c2cccc(F)c2)nnn1-c1nonc1N. The molecular formula is C20H17FN10O3. The molecule has 14 heteroatoms. The molecule has 0 bridgehead atoms. The van der Waals surface area contributed by atoms with Crippen LogP contribution in [0.3, 0.4) is 0 Å². The number of benzene rings is 2. The molecule has 0 aliphatic heterocycles. The average Bonchev–Trinajstić information content (AvgIpc) is 3.43. The maximum absolute atomic E-state index is 13.3. The third kappa shape index (κ3) is 4.69. The van der Waals surface area contributed by atoms with Gasteiger partial charge in [-0.05, 0) is 40.1 Å². The summed E-state index contributed by atoms with van der Waals surface area (Å²) in [6.45, 7) is -0.0417. The third-order valence-electron chi connectivity index (χ3n) is 4.54. The van der Waals surface area contributed by atoms with E-state index in [-0.39, 0.29) is 35.1 Å². The first kappa shape index (κ1) is 22.1. The molecule has 34 heavy (non-hydrogen) atoms. The highest BCUT2D eigenvalue weighted by Gasteiger charge is 2.24. The van der Waals surface area contributed by atoms with Crippen LogP contribution in [-0.2, 0) is 6.54 Å². The van der Waals surface area contributed by atoms with E-state index < -0.39 is 17.6 Å². The molecule has 2 amide bonds. The van der Waals surface area contributed by atoms with Gasteiger partial charge in [-0.1, -0.05) is 29.5 Å². The number of hydrogen-bond donors (Lipinski definition) is 4. The zero-order chi connectivity index (χ0) is 24.1. The normalized spacial score (nSPS) is 11.0. The fourth-order valence-corrected chi connectivity index (χ4v) is 2.98. The number of hydrogen-bond acceptors (Lipinski definition) is 10. The number of primary amides is 1. The Morgan fingerprint density at radius 3 is 2.74 bits per heavy atom. The molecule has 0 unspecified atom stereocenters. The van der Waals surface area contributed by atoms with Crippen molar-refractivity contribution in [3.63, 3.8) is 0 Å². The van der Waals surface area contributed by atoms with Gasteiger partial charge in [0, 0.05) is 5.69 Å². The second-order valence-electron chi connectivity index (χ2n) is 6.79. The highest BCUT2D eigenvalue weighted by Crippen LogP contribution is 2.19. The molecule has 13 nitrogen and oxygen atoms in total. The number of aromatic nitrogens is 5. The van der Waals surface area contributed by atoms with Crippen LogP contribution in [0.1, 0.15) is 32.1 Å². The molecule has 0 saturated carbocycles. The van der Waals surface area contributed by atoms with Gasteiger partial charge in [0.2, 0.25) is 11.6 Å². The quantitative estimate of drug-likeness (QED) is 0.216. The van der Waals surface area contributed by atoms with Crippen molar-refractivity contribution in [3.05, 3.63) is 76.9 Å². The summed E-state index contributed by atoms with van der Waals surface area (Å²) in [5.41, 5.74) is 14.7. The predicted molar refractivity (Wildman–Crippen MR) is 117 cm³/mol. The first-order valence-corrected chi connectivity index (χ1v) is 9.68. The topological polar surface area (TPSA) is 192 Å². The Morgan fingerprint density at radius 1 is 1.18 bits per heavy atom. The Balaban J connectivity index is 1.61. The largest absolute Gasteiger partial charge is 0.379 e. The van der Waals surface area contributed by atoms with E-state index >= 15 is 0 Å². The number of rotatable bonds is 8. The van der Waals surface area contributed by atoms with Crippen LogP contribution in [0, 0.1) is 5.82 Å². The highest BCUT2D eigenvalue weighted by molar-refractivity contribution is 5.98. The van der Waals surface area contributed by atoms with E-state index in [0.29, 0.717) is 11.3 Å². The van der Waals surface area contributed by atoms with Crippen LogP contribution >= 0.6 is 0 Å². The molecule has 4 rings (SSSR count). The number of halogens is 1. The van der Waals surface area contributed by atoms with Crippen LogP contribution in [0.2, 0.25) is 0 Å². The van der Waals surface area contributed by atoms with Gasteiger partial charge in [-0.25, -0.2) is 14.4 Å². The van der Waals surface area contributed by atoms with Gasteiger partial charge in [0.15, 0.2) is 5.69 Å². The fraction of sp³-hybridized carbons (Fsp3) is 0.0500. The van der Waals surface area contributed by atoms with Gasteiger partial charge in [0.05, 0.1) is 24.0 Å². The maximum atomic E-state index is 13.3. The van der Waals surface area contributed by atoms with Gasteiger partial charge >= 0.3 is 0 Å². The lowest BCUT2D eigenvalue weighted by molar-refractivity contribution is 0.0947. The number of hydrazone groups is 1. The number of anilines is 2. The van der Waals surface area contributed by atoms with E-state index in [1.807, 2.05) is 0 Å². The lowest BCUT2D eigenvalue weighted by atomic mass is 10.1. The van der Waals surface area contributed by atoms with Crippen LogP contribution in [-0.4, -0.2) is 43.3 Å². The van der Waals surface area contributed by atoms with Gasteiger partial charge in [0.1, 0.15) is 5.82 Å². The molecule has 4 aromatic rings. The van der Waals surface area contributed by atoms with Crippen molar-refractivity contribution in [2.24, 2.45) is 10.8 Å². The Bertz CT molecular complexity index is 1380. The first-order valence-electron chi connectivity index (χ1n) is 9.68. The minimum atomic E-state index is -0.714. The van der Waals surface area contributed by atoms with E-state index in [9.17, 15) is 14.0 Å². The maximum Gasteiger partial charge on any atom is 0.293 e. The van der Waals surface area contributed by atoms with Gasteiger partial charge in [-0.3, -0.25) is 9.59 Å². The number of amides is 2. The average molecular weight is 464 g/mol. The van der Waals surface area contributed by atoms with E-state index in [1.54, 1.807) is 30.3 Å². The number of nitrogens with one attached hydrogen (secondary N) is 2. The highest BCUT2D eigenvalue weighted by atomic mass is 19.1. The first-order chi connectivity index (χ1) is 16.4. The Labute approximate surface area is 190 Å². The van der Waals surface area contributed by atoms with E-state index in [0.717, 1.165) is 4.68 Å². The lowest BCUT2D eigenvalue weighted by Crippen LogP contribution is -2.22. The van der Waals surface area contributed by atoms with Gasteiger partial charge < -0.3 is 16.8 Å². The lowest BCUT2D eigenvalue weighted by Gasteiger charge is -2.11. The second-order valence-corrected chi connectivity index (χ2v) is 6.79. The molecule has 0 radical (unpaired) electrons. The summed E-state index contributed by atoms with van der Waals surface area (Å²) in [6, 6.07) is 12.2. The molecule has 0 fully saturated rings. The van der Waals surface area contributed by atoms with Crippen LogP contribution in [0.15, 0.2) is 58.3 Å². The van der Waals surface area contributed by atoms with Crippen LogP contribution < -0.4 is 22.2 Å². The van der Waals surface area contributed by atoms with Gasteiger partial charge in [0.25, 0.3) is 11.8 Å². The monoisotopic (exact) mass is 464 g/mol. The molecule has 2 aromatic carbocycles. The standard InChI is InChI=1S/C20H17FN10O3/c21-12-5-3-4-11(8-12)9-25-27-20(33)16-15(31(30-26-16)19-17(22)28-34-29-19)10-24-14-7-2-1-6-13(14)18(23)32/h1-9,24H,10H2,(H2,22,28)(H2,23,32)(H,27,33)/b25-9-. The van der Waals surface area contributed by atoms with Crippen molar-refractivity contribution < 1.29 is 18.6 Å². The number of nitrogens with two attached hydrogens (primary N) is 2. The number of nitrogens with zero attached hydrogens (tertiary/aromatic N) is 6. The smallest absolute Gasteiger partial charge is 0.293 e. The summed E-state index contributed by atoms with van der Waals surface area (Å²) < 4.78 is 19.1. The predicted octanol–water partition coefficient (Wildman–Crippen LogP) is 0.847. The molecule has 0 atom stereocenters. The molecule has 0 spiro atoms. The van der Waals surface area contributed by atoms with Crippen molar-refractivity contribution in [1.29, 1.82) is 0 Å². The van der Waals surface area contributed by atoms with Gasteiger partial charge in [-0.2, -0.15) is 9.78 Å². The van der Waals surface area contributed by atoms with E-state index in [2.05, 4.69) is 41.1 Å². The summed E-state index contributed by atoms with van der Waals surface area (Å²) in [4.78, 5) is 24.5. The van der Waals surface area contributed by atoms with Crippen molar-refractivity contribution in [3.8, 4) is 5.82 Å². The Kier molecular flexibility index (Phi) is 6.20. The number of para-hydroxylation sites is 1. The Hall–Kier alpha value is -5.14. The molecule has 2 heterocycles. The van der Waals surface area contributed by atoms with Gasteiger partial charge in [-0.15, -0.1) is 5.10 Å². The zero-order valence-electron chi connectivity index (χ0n) is 17.3. The molecule has 2 aromatic heterocycles. The Morgan fingerprint density at radius 2 is 2.00 bits per heavy atom. The van der Waals surface area contributed by atoms with Crippen molar-refractivity contribution in [2.45, 2.75) is 6.54 Å². The number of nitrogen functional groups attached to an aromatic ring is 1. The van der Waals surface area contributed by atoms with E-state index in [1.165, 1.54) is 24.4 Å². The van der Waals surface area contributed by atoms with Crippen LogP contribution in [0.5, 0.6) is 0 Å². The molecular weight excluding hydrogens is 447 g/mol. The molecule has 0 aliphatic carbocycles. The minimum absolute atomic E-state index is 0.00907. The molecule has 0 aliphatic rings. The summed E-state index contributed by atoms with van der Waals surface area (Å²) >= 11 is 0. The number of carbonyl (C=O) groups excluding carboxylic acids is 2. The van der Waals surface area contributed by atoms with Crippen molar-refractivity contribution in [1.82, 2.24) is 30.7 Å². The number of carbonyl (C=O) groups is 2. The molecule has 172 valence electrons. The summed E-state index contributed by atoms with van der Waals surface area (Å²) in [7, 11) is 0. The van der Waals surface area contributed by atoms with Crippen LogP contribution in [0.4, 0.5) is 15.9 Å². The van der Waals surface area contributed by atoms with Crippen LogP contribution in [0.25, 0.3) is 5.82 Å².